The molecule has 2 heterocycles. The standard InChI is InChI=1S/C16H20N2O3/c19-14-8-2-1-6-12(14)15(20)18-11-5-7-13(18)16(21)17-9-3-4-10-17/h1-2,6,8,13,19H,3-5,7,9-11H2/t13-/m1/s1. The maximum absolute atomic E-state index is 12.6. The van der Waals surface area contributed by atoms with Gasteiger partial charge in [0.1, 0.15) is 11.8 Å². The van der Waals surface area contributed by atoms with Crippen molar-refractivity contribution in [1.82, 2.24) is 9.80 Å². The van der Waals surface area contributed by atoms with Crippen LogP contribution in [0, 0.1) is 0 Å². The molecule has 5 nitrogen and oxygen atoms in total. The van der Waals surface area contributed by atoms with Crippen molar-refractivity contribution < 1.29 is 14.7 Å². The molecule has 0 radical (unpaired) electrons. The first-order valence-corrected chi connectivity index (χ1v) is 7.56. The molecule has 0 saturated carbocycles. The lowest BCUT2D eigenvalue weighted by atomic mass is 10.1. The first kappa shape index (κ1) is 13.9. The van der Waals surface area contributed by atoms with Gasteiger partial charge >= 0.3 is 0 Å². The molecule has 0 aliphatic carbocycles. The maximum atomic E-state index is 12.6. The molecule has 2 aliphatic heterocycles. The van der Waals surface area contributed by atoms with Crippen molar-refractivity contribution >= 4 is 11.8 Å². The minimum atomic E-state index is -0.366. The molecule has 0 aromatic heterocycles. The normalized spacial score (nSPS) is 21.8. The molecule has 5 heteroatoms. The number of phenols is 1. The summed E-state index contributed by atoms with van der Waals surface area (Å²) in [4.78, 5) is 28.6. The summed E-state index contributed by atoms with van der Waals surface area (Å²) >= 11 is 0. The summed E-state index contributed by atoms with van der Waals surface area (Å²) in [6, 6.07) is 6.15. The van der Waals surface area contributed by atoms with E-state index in [4.69, 9.17) is 0 Å². The van der Waals surface area contributed by atoms with Crippen LogP contribution in [0.2, 0.25) is 0 Å². The third-order valence-electron chi connectivity index (χ3n) is 4.35. The maximum Gasteiger partial charge on any atom is 0.258 e. The Morgan fingerprint density at radius 1 is 1.05 bits per heavy atom. The van der Waals surface area contributed by atoms with E-state index in [0.717, 1.165) is 32.4 Å². The van der Waals surface area contributed by atoms with Crippen LogP contribution in [-0.2, 0) is 4.79 Å². The topological polar surface area (TPSA) is 60.9 Å². The number of aromatic hydroxyl groups is 1. The van der Waals surface area contributed by atoms with E-state index in [1.54, 1.807) is 23.1 Å². The first-order valence-electron chi connectivity index (χ1n) is 7.56. The van der Waals surface area contributed by atoms with Crippen molar-refractivity contribution in [2.75, 3.05) is 19.6 Å². The van der Waals surface area contributed by atoms with Gasteiger partial charge in [-0.25, -0.2) is 0 Å². The number of nitrogens with zero attached hydrogens (tertiary/aromatic N) is 2. The monoisotopic (exact) mass is 288 g/mol. The van der Waals surface area contributed by atoms with E-state index in [9.17, 15) is 14.7 Å². The molecule has 1 aromatic rings. The molecule has 2 saturated heterocycles. The van der Waals surface area contributed by atoms with Gasteiger partial charge in [0.15, 0.2) is 0 Å². The zero-order valence-corrected chi connectivity index (χ0v) is 12.0. The minimum Gasteiger partial charge on any atom is -0.507 e. The van der Waals surface area contributed by atoms with Crippen molar-refractivity contribution in [3.05, 3.63) is 29.8 Å². The van der Waals surface area contributed by atoms with E-state index in [1.165, 1.54) is 6.07 Å². The highest BCUT2D eigenvalue weighted by molar-refractivity contribution is 5.99. The number of hydrogen-bond acceptors (Lipinski definition) is 3. The van der Waals surface area contributed by atoms with Gasteiger partial charge in [-0.15, -0.1) is 0 Å². The summed E-state index contributed by atoms with van der Waals surface area (Å²) in [5.41, 5.74) is 0.277. The molecule has 1 N–H and O–H groups in total. The number of para-hydroxylation sites is 1. The second kappa shape index (κ2) is 5.76. The Morgan fingerprint density at radius 2 is 1.76 bits per heavy atom. The highest BCUT2D eigenvalue weighted by Gasteiger charge is 2.37. The van der Waals surface area contributed by atoms with Crippen LogP contribution in [0.5, 0.6) is 5.75 Å². The quantitative estimate of drug-likeness (QED) is 0.899. The molecule has 112 valence electrons. The van der Waals surface area contributed by atoms with Gasteiger partial charge in [0.05, 0.1) is 5.56 Å². The van der Waals surface area contributed by atoms with Gasteiger partial charge in [0.25, 0.3) is 5.91 Å². The molecule has 2 aliphatic rings. The Balaban J connectivity index is 1.79. The van der Waals surface area contributed by atoms with Gasteiger partial charge in [-0.2, -0.15) is 0 Å². The number of carbonyl (C=O) groups excluding carboxylic acids is 2. The Hall–Kier alpha value is -2.04. The average Bonchev–Trinajstić information content (AvgIpc) is 3.17. The van der Waals surface area contributed by atoms with Gasteiger partial charge in [0.2, 0.25) is 5.91 Å². The molecule has 21 heavy (non-hydrogen) atoms. The molecule has 3 rings (SSSR count). The SMILES string of the molecule is O=C([C@H]1CCCN1C(=O)c1ccccc1O)N1CCCC1. The lowest BCUT2D eigenvalue weighted by Gasteiger charge is -2.28. The number of likely N-dealkylation sites (tertiary alicyclic amines) is 2. The van der Waals surface area contributed by atoms with Gasteiger partial charge in [-0.1, -0.05) is 12.1 Å². The summed E-state index contributed by atoms with van der Waals surface area (Å²) in [7, 11) is 0. The van der Waals surface area contributed by atoms with Crippen molar-refractivity contribution in [3.63, 3.8) is 0 Å². The largest absolute Gasteiger partial charge is 0.507 e. The molecule has 0 bridgehead atoms. The zero-order valence-electron chi connectivity index (χ0n) is 12.0. The summed E-state index contributed by atoms with van der Waals surface area (Å²) in [6.07, 6.45) is 3.65. The molecule has 2 amide bonds. The average molecular weight is 288 g/mol. The zero-order chi connectivity index (χ0) is 14.8. The van der Waals surface area contributed by atoms with Crippen molar-refractivity contribution in [2.24, 2.45) is 0 Å². The Labute approximate surface area is 124 Å². The Kier molecular flexibility index (Phi) is 3.82. The third kappa shape index (κ3) is 2.60. The predicted octanol–water partition coefficient (Wildman–Crippen LogP) is 1.62. The second-order valence-corrected chi connectivity index (χ2v) is 5.71. The first-order chi connectivity index (χ1) is 10.2. The summed E-state index contributed by atoms with van der Waals surface area (Å²) in [6.45, 7) is 2.18. The Bertz CT molecular complexity index is 552. The van der Waals surface area contributed by atoms with E-state index in [0.29, 0.717) is 13.0 Å². The molecule has 0 spiro atoms. The van der Waals surface area contributed by atoms with E-state index >= 15 is 0 Å². The van der Waals surface area contributed by atoms with Crippen LogP contribution in [0.4, 0.5) is 0 Å². The van der Waals surface area contributed by atoms with Crippen LogP contribution in [0.25, 0.3) is 0 Å². The lowest BCUT2D eigenvalue weighted by molar-refractivity contribution is -0.134. The van der Waals surface area contributed by atoms with Crippen molar-refractivity contribution in [1.29, 1.82) is 0 Å². The lowest BCUT2D eigenvalue weighted by Crippen LogP contribution is -2.46. The smallest absolute Gasteiger partial charge is 0.258 e. The highest BCUT2D eigenvalue weighted by atomic mass is 16.3. The van der Waals surface area contributed by atoms with E-state index in [-0.39, 0.29) is 29.2 Å². The fourth-order valence-electron chi connectivity index (χ4n) is 3.22. The molecular formula is C16H20N2O3. The second-order valence-electron chi connectivity index (χ2n) is 5.71. The van der Waals surface area contributed by atoms with Gasteiger partial charge < -0.3 is 14.9 Å². The van der Waals surface area contributed by atoms with Crippen molar-refractivity contribution in [2.45, 2.75) is 31.7 Å². The number of amides is 2. The highest BCUT2D eigenvalue weighted by Crippen LogP contribution is 2.26. The van der Waals surface area contributed by atoms with Crippen LogP contribution in [-0.4, -0.2) is 52.4 Å². The fourth-order valence-corrected chi connectivity index (χ4v) is 3.22. The molecule has 2 fully saturated rings. The van der Waals surface area contributed by atoms with E-state index < -0.39 is 0 Å². The summed E-state index contributed by atoms with van der Waals surface area (Å²) in [5.74, 6) is -0.210. The predicted molar refractivity (Wildman–Crippen MR) is 78.0 cm³/mol. The Morgan fingerprint density at radius 3 is 2.48 bits per heavy atom. The molecular weight excluding hydrogens is 268 g/mol. The van der Waals surface area contributed by atoms with Crippen LogP contribution >= 0.6 is 0 Å². The van der Waals surface area contributed by atoms with E-state index in [2.05, 4.69) is 0 Å². The molecule has 1 atom stereocenters. The third-order valence-corrected chi connectivity index (χ3v) is 4.35. The fraction of sp³-hybridized carbons (Fsp3) is 0.500. The number of hydrogen-bond donors (Lipinski definition) is 1. The van der Waals surface area contributed by atoms with Crippen LogP contribution in [0.15, 0.2) is 24.3 Å². The van der Waals surface area contributed by atoms with Gasteiger partial charge in [-0.05, 0) is 37.8 Å². The van der Waals surface area contributed by atoms with Gasteiger partial charge in [-0.3, -0.25) is 9.59 Å². The molecule has 1 aromatic carbocycles. The number of rotatable bonds is 2. The van der Waals surface area contributed by atoms with Crippen molar-refractivity contribution in [3.8, 4) is 5.75 Å². The van der Waals surface area contributed by atoms with Crippen LogP contribution < -0.4 is 0 Å². The van der Waals surface area contributed by atoms with Crippen LogP contribution in [0.3, 0.4) is 0 Å². The van der Waals surface area contributed by atoms with Gasteiger partial charge in [0, 0.05) is 19.6 Å². The summed E-state index contributed by atoms with van der Waals surface area (Å²) in [5, 5.41) is 9.83. The number of carbonyl (C=O) groups is 2. The molecule has 0 unspecified atom stereocenters. The van der Waals surface area contributed by atoms with E-state index in [1.807, 2.05) is 4.90 Å². The number of phenolic OH excluding ortho intramolecular Hbond substituents is 1. The number of benzene rings is 1. The summed E-state index contributed by atoms with van der Waals surface area (Å²) < 4.78 is 0. The van der Waals surface area contributed by atoms with Crippen LogP contribution in [0.1, 0.15) is 36.0 Å². The minimum absolute atomic E-state index is 0.0261.